The van der Waals surface area contributed by atoms with Gasteiger partial charge in [0.25, 0.3) is 11.8 Å². The standard InChI is InChI=1S/C23H21BrN2O3/c1-3-29-21-12-7-17(14-20(21)24)23(28)26-19-10-8-18(9-11-19)25-22(27)16-6-4-5-15(2)13-16/h4-14H,3H2,1-2H3,(H,25,27)(H,26,28). The van der Waals surface area contributed by atoms with Crippen LogP contribution in [0.1, 0.15) is 33.2 Å². The van der Waals surface area contributed by atoms with Gasteiger partial charge in [0.2, 0.25) is 0 Å². The molecule has 5 nitrogen and oxygen atoms in total. The topological polar surface area (TPSA) is 67.4 Å². The highest BCUT2D eigenvalue weighted by molar-refractivity contribution is 9.10. The fourth-order valence-electron chi connectivity index (χ4n) is 2.74. The predicted molar refractivity (Wildman–Crippen MR) is 119 cm³/mol. The number of aryl methyl sites for hydroxylation is 1. The molecule has 0 aliphatic heterocycles. The smallest absolute Gasteiger partial charge is 0.255 e. The van der Waals surface area contributed by atoms with E-state index in [1.807, 2.05) is 32.0 Å². The molecular formula is C23H21BrN2O3. The lowest BCUT2D eigenvalue weighted by Gasteiger charge is -2.10. The van der Waals surface area contributed by atoms with E-state index in [-0.39, 0.29) is 11.8 Å². The lowest BCUT2D eigenvalue weighted by Crippen LogP contribution is -2.13. The Morgan fingerprint density at radius 2 is 1.45 bits per heavy atom. The SMILES string of the molecule is CCOc1ccc(C(=O)Nc2ccc(NC(=O)c3cccc(C)c3)cc2)cc1Br. The van der Waals surface area contributed by atoms with Crippen LogP contribution in [0.3, 0.4) is 0 Å². The molecule has 6 heteroatoms. The highest BCUT2D eigenvalue weighted by Crippen LogP contribution is 2.26. The number of rotatable bonds is 6. The van der Waals surface area contributed by atoms with Crippen molar-refractivity contribution in [1.82, 2.24) is 0 Å². The van der Waals surface area contributed by atoms with Gasteiger partial charge in [-0.25, -0.2) is 0 Å². The summed E-state index contributed by atoms with van der Waals surface area (Å²) in [5.41, 5.74) is 3.42. The van der Waals surface area contributed by atoms with Gasteiger partial charge in [0.05, 0.1) is 11.1 Å². The number of carbonyl (C=O) groups excluding carboxylic acids is 2. The lowest BCUT2D eigenvalue weighted by molar-refractivity contribution is 0.101. The van der Waals surface area contributed by atoms with Crippen LogP contribution in [0.5, 0.6) is 5.75 Å². The maximum Gasteiger partial charge on any atom is 0.255 e. The van der Waals surface area contributed by atoms with Crippen molar-refractivity contribution in [1.29, 1.82) is 0 Å². The highest BCUT2D eigenvalue weighted by Gasteiger charge is 2.10. The first-order valence-corrected chi connectivity index (χ1v) is 9.97. The third kappa shape index (κ3) is 5.45. The number of amides is 2. The molecule has 2 amide bonds. The molecule has 3 rings (SSSR count). The van der Waals surface area contributed by atoms with Crippen molar-refractivity contribution in [3.8, 4) is 5.75 Å². The van der Waals surface area contributed by atoms with Crippen LogP contribution in [0, 0.1) is 6.92 Å². The molecule has 0 fully saturated rings. The van der Waals surface area contributed by atoms with E-state index in [1.165, 1.54) is 0 Å². The molecule has 0 radical (unpaired) electrons. The Labute approximate surface area is 178 Å². The molecule has 148 valence electrons. The summed E-state index contributed by atoms with van der Waals surface area (Å²) in [5.74, 6) is 0.285. The minimum absolute atomic E-state index is 0.176. The first kappa shape index (κ1) is 20.6. The van der Waals surface area contributed by atoms with Crippen molar-refractivity contribution >= 4 is 39.1 Å². The van der Waals surface area contributed by atoms with Crippen LogP contribution in [0.2, 0.25) is 0 Å². The zero-order chi connectivity index (χ0) is 20.8. The van der Waals surface area contributed by atoms with E-state index in [2.05, 4.69) is 26.6 Å². The maximum atomic E-state index is 12.5. The Morgan fingerprint density at radius 3 is 1.97 bits per heavy atom. The number of hydrogen-bond acceptors (Lipinski definition) is 3. The Bertz CT molecular complexity index is 1030. The first-order chi connectivity index (χ1) is 14.0. The van der Waals surface area contributed by atoms with Gasteiger partial charge in [-0.15, -0.1) is 0 Å². The molecule has 3 aromatic rings. The fraction of sp³-hybridized carbons (Fsp3) is 0.130. The Hall–Kier alpha value is -3.12. The van der Waals surface area contributed by atoms with Crippen LogP contribution in [-0.2, 0) is 0 Å². The second kappa shape index (κ2) is 9.39. The van der Waals surface area contributed by atoms with Gasteiger partial charge < -0.3 is 15.4 Å². The second-order valence-electron chi connectivity index (χ2n) is 6.43. The molecule has 0 atom stereocenters. The number of halogens is 1. The van der Waals surface area contributed by atoms with Crippen LogP contribution in [0.25, 0.3) is 0 Å². The number of benzene rings is 3. The zero-order valence-electron chi connectivity index (χ0n) is 16.2. The molecule has 0 aliphatic carbocycles. The number of carbonyl (C=O) groups is 2. The van der Waals surface area contributed by atoms with E-state index >= 15 is 0 Å². The fourth-order valence-corrected chi connectivity index (χ4v) is 3.24. The van der Waals surface area contributed by atoms with Crippen LogP contribution in [0.4, 0.5) is 11.4 Å². The molecule has 0 saturated carbocycles. The predicted octanol–water partition coefficient (Wildman–Crippen LogP) is 5.66. The van der Waals surface area contributed by atoms with Gasteiger partial charge in [0.15, 0.2) is 0 Å². The van der Waals surface area contributed by atoms with Crippen molar-refractivity contribution < 1.29 is 14.3 Å². The minimum atomic E-state index is -0.231. The summed E-state index contributed by atoms with van der Waals surface area (Å²) in [6.07, 6.45) is 0. The van der Waals surface area contributed by atoms with Crippen molar-refractivity contribution in [3.63, 3.8) is 0 Å². The molecule has 29 heavy (non-hydrogen) atoms. The van der Waals surface area contributed by atoms with Gasteiger partial charge in [-0.3, -0.25) is 9.59 Å². The monoisotopic (exact) mass is 452 g/mol. The van der Waals surface area contributed by atoms with Crippen molar-refractivity contribution in [2.45, 2.75) is 13.8 Å². The number of ether oxygens (including phenoxy) is 1. The lowest BCUT2D eigenvalue weighted by atomic mass is 10.1. The number of hydrogen-bond donors (Lipinski definition) is 2. The highest BCUT2D eigenvalue weighted by atomic mass is 79.9. The summed E-state index contributed by atoms with van der Waals surface area (Å²) < 4.78 is 6.18. The first-order valence-electron chi connectivity index (χ1n) is 9.18. The summed E-state index contributed by atoms with van der Waals surface area (Å²) >= 11 is 3.41. The zero-order valence-corrected chi connectivity index (χ0v) is 17.7. The van der Waals surface area contributed by atoms with E-state index in [9.17, 15) is 9.59 Å². The van der Waals surface area contributed by atoms with Crippen molar-refractivity contribution in [3.05, 3.63) is 87.9 Å². The Kier molecular flexibility index (Phi) is 6.67. The largest absolute Gasteiger partial charge is 0.493 e. The van der Waals surface area contributed by atoms with Crippen molar-refractivity contribution in [2.75, 3.05) is 17.2 Å². The van der Waals surface area contributed by atoms with E-state index in [4.69, 9.17) is 4.74 Å². The van der Waals surface area contributed by atoms with Crippen LogP contribution in [0.15, 0.2) is 71.2 Å². The van der Waals surface area contributed by atoms with Crippen LogP contribution in [-0.4, -0.2) is 18.4 Å². The number of nitrogens with one attached hydrogen (secondary N) is 2. The third-order valence-corrected chi connectivity index (χ3v) is 4.79. The minimum Gasteiger partial charge on any atom is -0.493 e. The Morgan fingerprint density at radius 1 is 0.862 bits per heavy atom. The van der Waals surface area contributed by atoms with Gasteiger partial charge in [0, 0.05) is 22.5 Å². The van der Waals surface area contributed by atoms with Crippen LogP contribution < -0.4 is 15.4 Å². The molecule has 0 aromatic heterocycles. The summed E-state index contributed by atoms with van der Waals surface area (Å²) in [4.78, 5) is 24.8. The van der Waals surface area contributed by atoms with E-state index < -0.39 is 0 Å². The molecule has 3 aromatic carbocycles. The van der Waals surface area contributed by atoms with Crippen molar-refractivity contribution in [2.24, 2.45) is 0 Å². The van der Waals surface area contributed by atoms with E-state index in [0.717, 1.165) is 10.0 Å². The van der Waals surface area contributed by atoms with Gasteiger partial charge in [-0.1, -0.05) is 17.7 Å². The molecule has 0 bridgehead atoms. The average molecular weight is 453 g/mol. The second-order valence-corrected chi connectivity index (χ2v) is 7.29. The van der Waals surface area contributed by atoms with Gasteiger partial charge in [-0.2, -0.15) is 0 Å². The summed E-state index contributed by atoms with van der Waals surface area (Å²) in [6.45, 7) is 4.40. The Balaban J connectivity index is 1.63. The number of anilines is 2. The van der Waals surface area contributed by atoms with Gasteiger partial charge >= 0.3 is 0 Å². The van der Waals surface area contributed by atoms with Gasteiger partial charge in [-0.05, 0) is 84.4 Å². The van der Waals surface area contributed by atoms with Crippen LogP contribution >= 0.6 is 15.9 Å². The summed E-state index contributed by atoms with van der Waals surface area (Å²) in [5, 5.41) is 5.69. The molecule has 2 N–H and O–H groups in total. The van der Waals surface area contributed by atoms with E-state index in [0.29, 0.717) is 34.9 Å². The molecule has 0 spiro atoms. The molecular weight excluding hydrogens is 432 g/mol. The van der Waals surface area contributed by atoms with E-state index in [1.54, 1.807) is 48.5 Å². The molecule has 0 heterocycles. The normalized spacial score (nSPS) is 10.3. The quantitative estimate of drug-likeness (QED) is 0.506. The maximum absolute atomic E-state index is 12.5. The molecule has 0 saturated heterocycles. The van der Waals surface area contributed by atoms with Gasteiger partial charge in [0.1, 0.15) is 5.75 Å². The summed E-state index contributed by atoms with van der Waals surface area (Å²) in [7, 11) is 0. The molecule has 0 unspecified atom stereocenters. The molecule has 0 aliphatic rings. The summed E-state index contributed by atoms with van der Waals surface area (Å²) in [6, 6.07) is 19.6. The third-order valence-electron chi connectivity index (χ3n) is 4.17. The average Bonchev–Trinajstić information content (AvgIpc) is 2.71.